The lowest BCUT2D eigenvalue weighted by molar-refractivity contribution is 0.140. The van der Waals surface area contributed by atoms with Gasteiger partial charge in [0.25, 0.3) is 0 Å². The van der Waals surface area contributed by atoms with E-state index >= 15 is 0 Å². The molecule has 0 saturated heterocycles. The van der Waals surface area contributed by atoms with Crippen LogP contribution >= 0.6 is 0 Å². The van der Waals surface area contributed by atoms with E-state index in [0.29, 0.717) is 6.54 Å². The number of hydrogen-bond acceptors (Lipinski definition) is 3. The second-order valence-electron chi connectivity index (χ2n) is 3.10. The maximum absolute atomic E-state index is 11.1. The highest BCUT2D eigenvalue weighted by atomic mass is 16.5. The standard InChI is InChI=1S/C12H15NO3/c14-9-5-4-8-13-12(15)16-10-11-6-2-1-3-7-11/h1-7,14H,8-10H2,(H,13,15)/b5-4+. The van der Waals surface area contributed by atoms with E-state index in [-0.39, 0.29) is 13.2 Å². The van der Waals surface area contributed by atoms with E-state index in [1.807, 2.05) is 30.3 Å². The number of nitrogens with one attached hydrogen (secondary N) is 1. The molecule has 2 N–H and O–H groups in total. The molecular formula is C12H15NO3. The van der Waals surface area contributed by atoms with Crippen molar-refractivity contribution >= 4 is 6.09 Å². The van der Waals surface area contributed by atoms with Gasteiger partial charge in [-0.2, -0.15) is 0 Å². The quantitative estimate of drug-likeness (QED) is 0.740. The number of aliphatic hydroxyl groups excluding tert-OH is 1. The Morgan fingerprint density at radius 1 is 1.31 bits per heavy atom. The Balaban J connectivity index is 2.18. The molecule has 1 aromatic rings. The van der Waals surface area contributed by atoms with Crippen molar-refractivity contribution in [1.82, 2.24) is 5.32 Å². The predicted octanol–water partition coefficient (Wildman–Crippen LogP) is 1.46. The van der Waals surface area contributed by atoms with Crippen LogP contribution in [0, 0.1) is 0 Å². The van der Waals surface area contributed by atoms with Gasteiger partial charge in [0.15, 0.2) is 0 Å². The van der Waals surface area contributed by atoms with Gasteiger partial charge in [-0.3, -0.25) is 0 Å². The van der Waals surface area contributed by atoms with E-state index in [9.17, 15) is 4.79 Å². The number of hydrogen-bond donors (Lipinski definition) is 2. The van der Waals surface area contributed by atoms with Crippen LogP contribution in [-0.4, -0.2) is 24.4 Å². The number of rotatable bonds is 5. The maximum atomic E-state index is 11.1. The van der Waals surface area contributed by atoms with Gasteiger partial charge in [0.2, 0.25) is 0 Å². The zero-order chi connectivity index (χ0) is 11.6. The molecule has 0 aliphatic heterocycles. The third kappa shape index (κ3) is 5.17. The molecule has 0 bridgehead atoms. The van der Waals surface area contributed by atoms with Crippen molar-refractivity contribution in [2.75, 3.05) is 13.2 Å². The SMILES string of the molecule is O=C(NC/C=C/CO)OCc1ccccc1. The Hall–Kier alpha value is -1.81. The summed E-state index contributed by atoms with van der Waals surface area (Å²) >= 11 is 0. The Labute approximate surface area is 94.6 Å². The summed E-state index contributed by atoms with van der Waals surface area (Å²) in [5.41, 5.74) is 0.948. The molecule has 86 valence electrons. The highest BCUT2D eigenvalue weighted by molar-refractivity contribution is 5.67. The average Bonchev–Trinajstić information content (AvgIpc) is 2.33. The van der Waals surface area contributed by atoms with E-state index in [0.717, 1.165) is 5.56 Å². The van der Waals surface area contributed by atoms with Crippen molar-refractivity contribution in [3.63, 3.8) is 0 Å². The highest BCUT2D eigenvalue weighted by Crippen LogP contribution is 2.00. The third-order valence-electron chi connectivity index (χ3n) is 1.85. The first-order valence-corrected chi connectivity index (χ1v) is 5.03. The highest BCUT2D eigenvalue weighted by Gasteiger charge is 1.99. The minimum absolute atomic E-state index is 0.0270. The van der Waals surface area contributed by atoms with Crippen LogP contribution in [0.3, 0.4) is 0 Å². The molecule has 0 saturated carbocycles. The number of amides is 1. The summed E-state index contributed by atoms with van der Waals surface area (Å²) in [5.74, 6) is 0. The lowest BCUT2D eigenvalue weighted by Crippen LogP contribution is -2.24. The van der Waals surface area contributed by atoms with Crippen LogP contribution in [-0.2, 0) is 11.3 Å². The molecule has 0 unspecified atom stereocenters. The largest absolute Gasteiger partial charge is 0.445 e. The van der Waals surface area contributed by atoms with Crippen LogP contribution < -0.4 is 5.32 Å². The van der Waals surface area contributed by atoms with Crippen LogP contribution in [0.15, 0.2) is 42.5 Å². The molecule has 1 aromatic carbocycles. The van der Waals surface area contributed by atoms with Crippen LogP contribution in [0.2, 0.25) is 0 Å². The molecule has 0 fully saturated rings. The molecule has 4 heteroatoms. The molecule has 0 atom stereocenters. The first kappa shape index (κ1) is 12.3. The van der Waals surface area contributed by atoms with Crippen LogP contribution in [0.25, 0.3) is 0 Å². The molecule has 0 aliphatic carbocycles. The fourth-order valence-corrected chi connectivity index (χ4v) is 1.07. The second kappa shape index (κ2) is 7.48. The number of carbonyl (C=O) groups is 1. The van der Waals surface area contributed by atoms with Gasteiger partial charge in [-0.05, 0) is 5.56 Å². The van der Waals surface area contributed by atoms with Gasteiger partial charge < -0.3 is 15.2 Å². The summed E-state index contributed by atoms with van der Waals surface area (Å²) < 4.78 is 4.96. The molecular weight excluding hydrogens is 206 g/mol. The number of carbonyl (C=O) groups excluding carboxylic acids is 1. The van der Waals surface area contributed by atoms with Crippen molar-refractivity contribution in [2.24, 2.45) is 0 Å². The van der Waals surface area contributed by atoms with Gasteiger partial charge >= 0.3 is 6.09 Å². The summed E-state index contributed by atoms with van der Waals surface area (Å²) in [6, 6.07) is 9.46. The van der Waals surface area contributed by atoms with Crippen molar-refractivity contribution < 1.29 is 14.6 Å². The van der Waals surface area contributed by atoms with Gasteiger partial charge in [-0.25, -0.2) is 4.79 Å². The lowest BCUT2D eigenvalue weighted by Gasteiger charge is -2.04. The molecule has 1 amide bonds. The number of benzene rings is 1. The molecule has 0 radical (unpaired) electrons. The van der Waals surface area contributed by atoms with Crippen molar-refractivity contribution in [2.45, 2.75) is 6.61 Å². The topological polar surface area (TPSA) is 58.6 Å². The molecule has 16 heavy (non-hydrogen) atoms. The van der Waals surface area contributed by atoms with Crippen LogP contribution in [0.4, 0.5) is 4.79 Å². The zero-order valence-corrected chi connectivity index (χ0v) is 8.93. The lowest BCUT2D eigenvalue weighted by atomic mass is 10.2. The van der Waals surface area contributed by atoms with Crippen LogP contribution in [0.1, 0.15) is 5.56 Å². The fraction of sp³-hybridized carbons (Fsp3) is 0.250. The van der Waals surface area contributed by atoms with Gasteiger partial charge in [0.05, 0.1) is 6.61 Å². The molecule has 0 aliphatic rings. The van der Waals surface area contributed by atoms with E-state index in [2.05, 4.69) is 5.32 Å². The Bertz CT molecular complexity index is 335. The predicted molar refractivity (Wildman–Crippen MR) is 60.9 cm³/mol. The zero-order valence-electron chi connectivity index (χ0n) is 8.93. The smallest absolute Gasteiger partial charge is 0.407 e. The van der Waals surface area contributed by atoms with Gasteiger partial charge in [-0.1, -0.05) is 42.5 Å². The minimum atomic E-state index is -0.466. The van der Waals surface area contributed by atoms with E-state index in [1.54, 1.807) is 12.2 Å². The summed E-state index contributed by atoms with van der Waals surface area (Å²) in [4.78, 5) is 11.1. The van der Waals surface area contributed by atoms with E-state index in [1.165, 1.54) is 0 Å². The third-order valence-corrected chi connectivity index (χ3v) is 1.85. The summed E-state index contributed by atoms with van der Waals surface area (Å²) in [6.45, 7) is 0.589. The number of alkyl carbamates (subject to hydrolysis) is 1. The summed E-state index contributed by atoms with van der Waals surface area (Å²) in [5, 5.41) is 11.0. The fourth-order valence-electron chi connectivity index (χ4n) is 1.07. The normalized spacial score (nSPS) is 10.3. The molecule has 4 nitrogen and oxygen atoms in total. The first-order chi connectivity index (χ1) is 7.83. The maximum Gasteiger partial charge on any atom is 0.407 e. The van der Waals surface area contributed by atoms with Crippen LogP contribution in [0.5, 0.6) is 0 Å². The monoisotopic (exact) mass is 221 g/mol. The van der Waals surface area contributed by atoms with Gasteiger partial charge in [0.1, 0.15) is 6.61 Å². The van der Waals surface area contributed by atoms with Gasteiger partial charge in [-0.15, -0.1) is 0 Å². The second-order valence-corrected chi connectivity index (χ2v) is 3.10. The Morgan fingerprint density at radius 2 is 2.06 bits per heavy atom. The number of aliphatic hydroxyl groups is 1. The number of ether oxygens (including phenoxy) is 1. The average molecular weight is 221 g/mol. The Kier molecular flexibility index (Phi) is 5.73. The Morgan fingerprint density at radius 3 is 2.75 bits per heavy atom. The van der Waals surface area contributed by atoms with Gasteiger partial charge in [0, 0.05) is 6.54 Å². The molecule has 0 aromatic heterocycles. The first-order valence-electron chi connectivity index (χ1n) is 5.03. The summed E-state index contributed by atoms with van der Waals surface area (Å²) in [7, 11) is 0. The van der Waals surface area contributed by atoms with Crippen molar-refractivity contribution in [3.05, 3.63) is 48.0 Å². The van der Waals surface area contributed by atoms with E-state index in [4.69, 9.17) is 9.84 Å². The van der Waals surface area contributed by atoms with Crippen molar-refractivity contribution in [1.29, 1.82) is 0 Å². The van der Waals surface area contributed by atoms with Crippen molar-refractivity contribution in [3.8, 4) is 0 Å². The molecule has 1 rings (SSSR count). The minimum Gasteiger partial charge on any atom is -0.445 e. The molecule has 0 heterocycles. The summed E-state index contributed by atoms with van der Waals surface area (Å²) in [6.07, 6.45) is 2.74. The molecule has 0 spiro atoms. The van der Waals surface area contributed by atoms with E-state index < -0.39 is 6.09 Å².